The van der Waals surface area contributed by atoms with Crippen LogP contribution in [0.1, 0.15) is 44.3 Å². The summed E-state index contributed by atoms with van der Waals surface area (Å²) in [6, 6.07) is 3.79. The van der Waals surface area contributed by atoms with Crippen molar-refractivity contribution in [1.82, 2.24) is 15.0 Å². The van der Waals surface area contributed by atoms with Crippen molar-refractivity contribution in [2.45, 2.75) is 32.7 Å². The second-order valence-electron chi connectivity index (χ2n) is 5.25. The Kier molecular flexibility index (Phi) is 4.22. The second-order valence-corrected chi connectivity index (χ2v) is 5.25. The smallest absolute Gasteiger partial charge is 0.229 e. The summed E-state index contributed by atoms with van der Waals surface area (Å²) in [6.45, 7) is 6.13. The second kappa shape index (κ2) is 5.90. The molecule has 2 aromatic heterocycles. The third kappa shape index (κ3) is 3.26. The Labute approximate surface area is 119 Å². The van der Waals surface area contributed by atoms with Crippen LogP contribution in [0.3, 0.4) is 0 Å². The first-order chi connectivity index (χ1) is 9.47. The van der Waals surface area contributed by atoms with E-state index in [1.54, 1.807) is 6.26 Å². The predicted octanol–water partition coefficient (Wildman–Crippen LogP) is 2.83. The molecule has 1 atom stereocenters. The normalized spacial score (nSPS) is 12.5. The van der Waals surface area contributed by atoms with Gasteiger partial charge in [-0.25, -0.2) is 0 Å². The van der Waals surface area contributed by atoms with Crippen molar-refractivity contribution in [3.8, 4) is 0 Å². The predicted molar refractivity (Wildman–Crippen MR) is 79.0 cm³/mol. The molecule has 0 amide bonds. The van der Waals surface area contributed by atoms with Crippen LogP contribution in [-0.4, -0.2) is 29.0 Å². The van der Waals surface area contributed by atoms with Crippen molar-refractivity contribution in [3.05, 3.63) is 30.0 Å². The number of furan rings is 1. The lowest BCUT2D eigenvalue weighted by Gasteiger charge is -2.16. The van der Waals surface area contributed by atoms with Gasteiger partial charge in [-0.2, -0.15) is 15.0 Å². The lowest BCUT2D eigenvalue weighted by atomic mass is 10.2. The van der Waals surface area contributed by atoms with Crippen molar-refractivity contribution < 1.29 is 4.42 Å². The molecule has 2 rings (SSSR count). The van der Waals surface area contributed by atoms with Gasteiger partial charge in [-0.15, -0.1) is 0 Å². The Bertz CT molecular complexity index is 524. The van der Waals surface area contributed by atoms with Crippen LogP contribution in [0.4, 0.5) is 11.9 Å². The minimum absolute atomic E-state index is 0.00224. The van der Waals surface area contributed by atoms with E-state index in [4.69, 9.17) is 4.42 Å². The molecule has 0 aliphatic heterocycles. The number of nitrogens with zero attached hydrogens (tertiary/aromatic N) is 4. The number of rotatable bonds is 5. The van der Waals surface area contributed by atoms with Gasteiger partial charge in [0.1, 0.15) is 11.6 Å². The first kappa shape index (κ1) is 14.3. The molecule has 0 saturated carbocycles. The van der Waals surface area contributed by atoms with Gasteiger partial charge in [0.05, 0.1) is 12.3 Å². The highest BCUT2D eigenvalue weighted by atomic mass is 16.3. The van der Waals surface area contributed by atoms with E-state index in [0.717, 1.165) is 11.6 Å². The number of hydrogen-bond donors (Lipinski definition) is 1. The third-order valence-corrected chi connectivity index (χ3v) is 2.87. The SMILES string of the molecule is CC(C)c1nc(NC(C)c2ccco2)nc(N(C)C)n1. The Morgan fingerprint density at radius 2 is 1.90 bits per heavy atom. The van der Waals surface area contributed by atoms with E-state index in [1.165, 1.54) is 0 Å². The molecule has 0 fully saturated rings. The van der Waals surface area contributed by atoms with Crippen molar-refractivity contribution in [2.75, 3.05) is 24.3 Å². The summed E-state index contributed by atoms with van der Waals surface area (Å²) in [7, 11) is 3.83. The minimum atomic E-state index is 0.00224. The van der Waals surface area contributed by atoms with Crippen LogP contribution >= 0.6 is 0 Å². The minimum Gasteiger partial charge on any atom is -0.467 e. The maximum Gasteiger partial charge on any atom is 0.229 e. The Morgan fingerprint density at radius 3 is 2.45 bits per heavy atom. The standard InChI is InChI=1S/C14H21N5O/c1-9(2)12-16-13(18-14(17-12)19(4)5)15-10(3)11-7-6-8-20-11/h6-10H,1-5H3,(H,15,16,17,18). The van der Waals surface area contributed by atoms with Crippen LogP contribution < -0.4 is 10.2 Å². The number of anilines is 2. The first-order valence-electron chi connectivity index (χ1n) is 6.70. The Morgan fingerprint density at radius 1 is 1.15 bits per heavy atom. The first-order valence-corrected chi connectivity index (χ1v) is 6.70. The molecule has 6 nitrogen and oxygen atoms in total. The lowest BCUT2D eigenvalue weighted by molar-refractivity contribution is 0.489. The van der Waals surface area contributed by atoms with Gasteiger partial charge in [-0.3, -0.25) is 0 Å². The summed E-state index contributed by atoms with van der Waals surface area (Å²) in [5.41, 5.74) is 0. The van der Waals surface area contributed by atoms with Gasteiger partial charge in [0, 0.05) is 20.0 Å². The van der Waals surface area contributed by atoms with Crippen LogP contribution in [0.2, 0.25) is 0 Å². The van der Waals surface area contributed by atoms with Crippen molar-refractivity contribution in [3.63, 3.8) is 0 Å². The average molecular weight is 275 g/mol. The van der Waals surface area contributed by atoms with E-state index in [2.05, 4.69) is 34.1 Å². The maximum absolute atomic E-state index is 5.38. The number of hydrogen-bond acceptors (Lipinski definition) is 6. The van der Waals surface area contributed by atoms with Crippen molar-refractivity contribution in [2.24, 2.45) is 0 Å². The Hall–Kier alpha value is -2.11. The molecule has 2 aromatic rings. The van der Waals surface area contributed by atoms with Crippen LogP contribution in [0.15, 0.2) is 22.8 Å². The van der Waals surface area contributed by atoms with Crippen molar-refractivity contribution >= 4 is 11.9 Å². The topological polar surface area (TPSA) is 67.1 Å². The summed E-state index contributed by atoms with van der Waals surface area (Å²) in [4.78, 5) is 15.2. The zero-order valence-electron chi connectivity index (χ0n) is 12.6. The zero-order chi connectivity index (χ0) is 14.7. The fourth-order valence-corrected chi connectivity index (χ4v) is 1.71. The van der Waals surface area contributed by atoms with E-state index >= 15 is 0 Å². The number of aromatic nitrogens is 3. The van der Waals surface area contributed by atoms with E-state index in [1.807, 2.05) is 38.1 Å². The van der Waals surface area contributed by atoms with Crippen LogP contribution in [-0.2, 0) is 0 Å². The van der Waals surface area contributed by atoms with Crippen molar-refractivity contribution in [1.29, 1.82) is 0 Å². The highest BCUT2D eigenvalue weighted by Gasteiger charge is 2.14. The molecule has 108 valence electrons. The van der Waals surface area contributed by atoms with Gasteiger partial charge in [-0.05, 0) is 19.1 Å². The van der Waals surface area contributed by atoms with Crippen LogP contribution in [0, 0.1) is 0 Å². The molecule has 0 bridgehead atoms. The fraction of sp³-hybridized carbons (Fsp3) is 0.500. The van der Waals surface area contributed by atoms with E-state index in [9.17, 15) is 0 Å². The summed E-state index contributed by atoms with van der Waals surface area (Å²) in [6.07, 6.45) is 1.66. The molecule has 1 N–H and O–H groups in total. The molecule has 0 radical (unpaired) electrons. The molecule has 0 aliphatic rings. The molecule has 0 aromatic carbocycles. The van der Waals surface area contributed by atoms with E-state index < -0.39 is 0 Å². The van der Waals surface area contributed by atoms with E-state index in [-0.39, 0.29) is 12.0 Å². The van der Waals surface area contributed by atoms with Crippen LogP contribution in [0.25, 0.3) is 0 Å². The van der Waals surface area contributed by atoms with Gasteiger partial charge in [-0.1, -0.05) is 13.8 Å². The molecular weight excluding hydrogens is 254 g/mol. The lowest BCUT2D eigenvalue weighted by Crippen LogP contribution is -2.18. The highest BCUT2D eigenvalue weighted by Crippen LogP contribution is 2.20. The molecule has 6 heteroatoms. The largest absolute Gasteiger partial charge is 0.467 e. The maximum atomic E-state index is 5.38. The van der Waals surface area contributed by atoms with Gasteiger partial charge >= 0.3 is 0 Å². The molecule has 0 aliphatic carbocycles. The molecule has 20 heavy (non-hydrogen) atoms. The van der Waals surface area contributed by atoms with Gasteiger partial charge in [0.15, 0.2) is 0 Å². The van der Waals surface area contributed by atoms with E-state index in [0.29, 0.717) is 11.9 Å². The summed E-state index contributed by atoms with van der Waals surface area (Å²) < 4.78 is 5.38. The van der Waals surface area contributed by atoms with Gasteiger partial charge in [0.25, 0.3) is 0 Å². The summed E-state index contributed by atoms with van der Waals surface area (Å²) >= 11 is 0. The van der Waals surface area contributed by atoms with Gasteiger partial charge in [0.2, 0.25) is 11.9 Å². The molecule has 2 heterocycles. The fourth-order valence-electron chi connectivity index (χ4n) is 1.71. The molecular formula is C14H21N5O. The average Bonchev–Trinajstić information content (AvgIpc) is 2.92. The third-order valence-electron chi connectivity index (χ3n) is 2.87. The highest BCUT2D eigenvalue weighted by molar-refractivity contribution is 5.37. The quantitative estimate of drug-likeness (QED) is 0.905. The summed E-state index contributed by atoms with van der Waals surface area (Å²) in [5.74, 6) is 3.09. The molecule has 0 spiro atoms. The summed E-state index contributed by atoms with van der Waals surface area (Å²) in [5, 5.41) is 3.25. The number of nitrogens with one attached hydrogen (secondary N) is 1. The molecule has 1 unspecified atom stereocenters. The monoisotopic (exact) mass is 275 g/mol. The van der Waals surface area contributed by atoms with Crippen LogP contribution in [0.5, 0.6) is 0 Å². The zero-order valence-corrected chi connectivity index (χ0v) is 12.6. The van der Waals surface area contributed by atoms with Gasteiger partial charge < -0.3 is 14.6 Å². The molecule has 0 saturated heterocycles. The Balaban J connectivity index is 2.26.